The van der Waals surface area contributed by atoms with Crippen LogP contribution in [0.25, 0.3) is 0 Å². The minimum absolute atomic E-state index is 0.346. The van der Waals surface area contributed by atoms with Crippen molar-refractivity contribution in [2.75, 3.05) is 18.0 Å². The number of hydrogen-bond acceptors (Lipinski definition) is 3. The van der Waals surface area contributed by atoms with E-state index in [9.17, 15) is 0 Å². The summed E-state index contributed by atoms with van der Waals surface area (Å²) in [7, 11) is 0. The third-order valence-electron chi connectivity index (χ3n) is 4.39. The van der Waals surface area contributed by atoms with Crippen molar-refractivity contribution in [1.29, 1.82) is 0 Å². The van der Waals surface area contributed by atoms with E-state index in [1.807, 2.05) is 6.20 Å². The predicted octanol–water partition coefficient (Wildman–Crippen LogP) is 4.75. The van der Waals surface area contributed by atoms with Crippen molar-refractivity contribution in [3.63, 3.8) is 0 Å². The van der Waals surface area contributed by atoms with Gasteiger partial charge in [0.05, 0.1) is 23.5 Å². The molecule has 1 saturated heterocycles. The van der Waals surface area contributed by atoms with Gasteiger partial charge in [-0.05, 0) is 25.2 Å². The zero-order valence-electron chi connectivity index (χ0n) is 13.6. The lowest BCUT2D eigenvalue weighted by molar-refractivity contribution is 0.435. The molecule has 1 fully saturated rings. The molecule has 1 aromatic rings. The van der Waals surface area contributed by atoms with Crippen molar-refractivity contribution in [2.45, 2.75) is 64.7 Å². The Morgan fingerprint density at radius 1 is 1.33 bits per heavy atom. The van der Waals surface area contributed by atoms with E-state index in [-0.39, 0.29) is 0 Å². The second-order valence-electron chi connectivity index (χ2n) is 6.42. The summed E-state index contributed by atoms with van der Waals surface area (Å²) in [5.41, 5.74) is 2.14. The van der Waals surface area contributed by atoms with E-state index >= 15 is 0 Å². The van der Waals surface area contributed by atoms with E-state index in [1.54, 1.807) is 0 Å². The maximum Gasteiger partial charge on any atom is 0.131 e. The summed E-state index contributed by atoms with van der Waals surface area (Å²) < 4.78 is 0. The van der Waals surface area contributed by atoms with Crippen molar-refractivity contribution in [2.24, 2.45) is 5.92 Å². The van der Waals surface area contributed by atoms with Gasteiger partial charge in [-0.3, -0.25) is 0 Å². The van der Waals surface area contributed by atoms with E-state index < -0.39 is 0 Å². The number of aromatic nitrogens is 2. The predicted molar refractivity (Wildman–Crippen MR) is 90.1 cm³/mol. The molecule has 118 valence electrons. The standard InChI is InChI=1S/C17H28ClN3/c1-4-6-14-7-5-9-21(10-8-14)16-12-19-17(13(2)3)20-15(16)11-18/h12-14H,4-11H2,1-3H3. The Balaban J connectivity index is 2.13. The Kier molecular flexibility index (Phi) is 6.28. The molecule has 1 aliphatic rings. The third kappa shape index (κ3) is 4.32. The van der Waals surface area contributed by atoms with Crippen LogP contribution in [0.15, 0.2) is 6.20 Å². The number of halogens is 1. The quantitative estimate of drug-likeness (QED) is 0.735. The summed E-state index contributed by atoms with van der Waals surface area (Å²) in [6, 6.07) is 0. The molecule has 0 N–H and O–H groups in total. The average molecular weight is 310 g/mol. The molecule has 0 bridgehead atoms. The van der Waals surface area contributed by atoms with Crippen LogP contribution in [0, 0.1) is 5.92 Å². The van der Waals surface area contributed by atoms with Gasteiger partial charge in [-0.2, -0.15) is 0 Å². The fourth-order valence-corrected chi connectivity index (χ4v) is 3.37. The Hall–Kier alpha value is -0.830. The van der Waals surface area contributed by atoms with Gasteiger partial charge in [-0.1, -0.05) is 33.6 Å². The molecule has 1 atom stereocenters. The van der Waals surface area contributed by atoms with Crippen LogP contribution in [0.1, 0.15) is 70.3 Å². The monoisotopic (exact) mass is 309 g/mol. The van der Waals surface area contributed by atoms with Gasteiger partial charge in [-0.25, -0.2) is 9.97 Å². The molecule has 1 unspecified atom stereocenters. The highest BCUT2D eigenvalue weighted by atomic mass is 35.5. The minimum Gasteiger partial charge on any atom is -0.369 e. The van der Waals surface area contributed by atoms with Gasteiger partial charge in [0.2, 0.25) is 0 Å². The molecule has 1 aliphatic heterocycles. The molecular formula is C17H28ClN3. The Labute approximate surface area is 134 Å². The molecule has 2 rings (SSSR count). The van der Waals surface area contributed by atoms with Crippen molar-refractivity contribution < 1.29 is 0 Å². The largest absolute Gasteiger partial charge is 0.369 e. The summed E-state index contributed by atoms with van der Waals surface area (Å²) in [4.78, 5) is 11.6. The van der Waals surface area contributed by atoms with Crippen LogP contribution in [0.4, 0.5) is 5.69 Å². The lowest BCUT2D eigenvalue weighted by atomic mass is 9.96. The molecule has 1 aromatic heterocycles. The van der Waals surface area contributed by atoms with Gasteiger partial charge in [0.25, 0.3) is 0 Å². The van der Waals surface area contributed by atoms with E-state index in [4.69, 9.17) is 11.6 Å². The molecule has 0 amide bonds. The lowest BCUT2D eigenvalue weighted by Gasteiger charge is -2.24. The first kappa shape index (κ1) is 16.5. The molecule has 3 nitrogen and oxygen atoms in total. The highest BCUT2D eigenvalue weighted by molar-refractivity contribution is 6.17. The van der Waals surface area contributed by atoms with Gasteiger partial charge in [0.1, 0.15) is 5.82 Å². The Morgan fingerprint density at radius 3 is 2.81 bits per heavy atom. The van der Waals surface area contributed by atoms with E-state index in [1.165, 1.54) is 32.1 Å². The summed E-state index contributed by atoms with van der Waals surface area (Å²) in [6.45, 7) is 8.74. The zero-order chi connectivity index (χ0) is 15.2. The summed E-state index contributed by atoms with van der Waals surface area (Å²) >= 11 is 6.13. The molecule has 0 aromatic carbocycles. The number of nitrogens with zero attached hydrogens (tertiary/aromatic N) is 3. The highest BCUT2D eigenvalue weighted by Gasteiger charge is 2.20. The first-order valence-corrected chi connectivity index (χ1v) is 8.85. The van der Waals surface area contributed by atoms with Gasteiger partial charge in [-0.15, -0.1) is 11.6 Å². The van der Waals surface area contributed by atoms with E-state index in [0.29, 0.717) is 11.8 Å². The normalized spacial score (nSPS) is 19.9. The van der Waals surface area contributed by atoms with Crippen molar-refractivity contribution >= 4 is 17.3 Å². The van der Waals surface area contributed by atoms with Gasteiger partial charge in [0.15, 0.2) is 0 Å². The van der Waals surface area contributed by atoms with Gasteiger partial charge >= 0.3 is 0 Å². The highest BCUT2D eigenvalue weighted by Crippen LogP contribution is 2.28. The van der Waals surface area contributed by atoms with Crippen LogP contribution in [0.2, 0.25) is 0 Å². The fraction of sp³-hybridized carbons (Fsp3) is 0.765. The summed E-state index contributed by atoms with van der Waals surface area (Å²) in [5.74, 6) is 2.59. The van der Waals surface area contributed by atoms with Crippen LogP contribution >= 0.6 is 11.6 Å². The molecule has 4 heteroatoms. The first-order valence-electron chi connectivity index (χ1n) is 8.32. The van der Waals surface area contributed by atoms with E-state index in [0.717, 1.165) is 36.2 Å². The molecule has 0 saturated carbocycles. The van der Waals surface area contributed by atoms with Crippen LogP contribution < -0.4 is 4.90 Å². The van der Waals surface area contributed by atoms with Crippen LogP contribution in [-0.2, 0) is 5.88 Å². The molecule has 0 aliphatic carbocycles. The maximum atomic E-state index is 6.13. The van der Waals surface area contributed by atoms with Crippen molar-refractivity contribution in [3.05, 3.63) is 17.7 Å². The summed E-state index contributed by atoms with van der Waals surface area (Å²) in [5, 5.41) is 0. The van der Waals surface area contributed by atoms with Gasteiger partial charge < -0.3 is 4.90 Å². The molecule has 0 radical (unpaired) electrons. The molecule has 2 heterocycles. The lowest BCUT2D eigenvalue weighted by Crippen LogP contribution is -2.26. The molecular weight excluding hydrogens is 282 g/mol. The van der Waals surface area contributed by atoms with Crippen LogP contribution in [0.3, 0.4) is 0 Å². The number of hydrogen-bond donors (Lipinski definition) is 0. The van der Waals surface area contributed by atoms with Gasteiger partial charge in [0, 0.05) is 19.0 Å². The fourth-order valence-electron chi connectivity index (χ4n) is 3.17. The SMILES string of the molecule is CCCC1CCCN(c2cnc(C(C)C)nc2CCl)CC1. The van der Waals surface area contributed by atoms with Crippen LogP contribution in [-0.4, -0.2) is 23.1 Å². The second kappa shape index (κ2) is 7.98. The number of alkyl halides is 1. The maximum absolute atomic E-state index is 6.13. The van der Waals surface area contributed by atoms with Crippen molar-refractivity contribution in [3.8, 4) is 0 Å². The zero-order valence-corrected chi connectivity index (χ0v) is 14.4. The number of rotatable bonds is 5. The second-order valence-corrected chi connectivity index (χ2v) is 6.69. The smallest absolute Gasteiger partial charge is 0.131 e. The van der Waals surface area contributed by atoms with Crippen molar-refractivity contribution in [1.82, 2.24) is 9.97 Å². The Bertz CT molecular complexity index is 448. The summed E-state index contributed by atoms with van der Waals surface area (Å²) in [6.07, 6.45) is 8.54. The molecule has 21 heavy (non-hydrogen) atoms. The molecule has 0 spiro atoms. The van der Waals surface area contributed by atoms with Crippen LogP contribution in [0.5, 0.6) is 0 Å². The third-order valence-corrected chi connectivity index (χ3v) is 4.65. The topological polar surface area (TPSA) is 29.0 Å². The first-order chi connectivity index (χ1) is 10.2. The minimum atomic E-state index is 0.346. The van der Waals surface area contributed by atoms with E-state index in [2.05, 4.69) is 35.6 Å². The Morgan fingerprint density at radius 2 is 2.14 bits per heavy atom. The average Bonchev–Trinajstić information content (AvgIpc) is 2.72. The number of anilines is 1.